The van der Waals surface area contributed by atoms with Crippen molar-refractivity contribution >= 4 is 37.6 Å². The first-order valence-electron chi connectivity index (χ1n) is 10.0. The fourth-order valence-electron chi connectivity index (χ4n) is 4.18. The number of hydrogen-bond donors (Lipinski definition) is 2. The Hall–Kier alpha value is -2.19. The molecule has 148 valence electrons. The molecule has 2 aliphatic rings. The molecule has 0 spiro atoms. The third kappa shape index (κ3) is 3.58. The molecular formula is C20H25N5O2S. The normalized spacial score (nSPS) is 18.9. The van der Waals surface area contributed by atoms with Crippen molar-refractivity contribution in [2.75, 3.05) is 30.3 Å². The summed E-state index contributed by atoms with van der Waals surface area (Å²) in [5.74, 6) is 1.03. The lowest BCUT2D eigenvalue weighted by Gasteiger charge is -2.34. The highest BCUT2D eigenvalue weighted by atomic mass is 32.2. The number of hydrogen-bond acceptors (Lipinski definition) is 5. The molecule has 5 rings (SSSR count). The maximum atomic E-state index is 12.3. The summed E-state index contributed by atoms with van der Waals surface area (Å²) in [6, 6.07) is 4.11. The van der Waals surface area contributed by atoms with Gasteiger partial charge >= 0.3 is 0 Å². The van der Waals surface area contributed by atoms with Gasteiger partial charge in [0, 0.05) is 48.5 Å². The summed E-state index contributed by atoms with van der Waals surface area (Å²) < 4.78 is 27.5. The Bertz CT molecular complexity index is 1100. The predicted molar refractivity (Wildman–Crippen MR) is 111 cm³/mol. The van der Waals surface area contributed by atoms with Crippen LogP contribution in [-0.4, -0.2) is 48.8 Å². The Morgan fingerprint density at radius 2 is 1.93 bits per heavy atom. The molecule has 3 aromatic rings. The fourth-order valence-corrected chi connectivity index (χ4v) is 5.74. The first kappa shape index (κ1) is 17.9. The van der Waals surface area contributed by atoms with Gasteiger partial charge in [0.15, 0.2) is 5.65 Å². The second kappa shape index (κ2) is 7.00. The molecule has 8 heteroatoms. The van der Waals surface area contributed by atoms with Gasteiger partial charge in [-0.1, -0.05) is 0 Å². The summed E-state index contributed by atoms with van der Waals surface area (Å²) in [5.41, 5.74) is 2.92. The van der Waals surface area contributed by atoms with E-state index >= 15 is 0 Å². The quantitative estimate of drug-likeness (QED) is 0.665. The van der Waals surface area contributed by atoms with E-state index in [9.17, 15) is 8.42 Å². The number of pyridine rings is 2. The first-order chi connectivity index (χ1) is 13.6. The molecule has 0 bridgehead atoms. The lowest BCUT2D eigenvalue weighted by atomic mass is 9.98. The second-order valence-electron chi connectivity index (χ2n) is 8.10. The van der Waals surface area contributed by atoms with E-state index < -0.39 is 10.0 Å². The molecule has 1 aliphatic carbocycles. The SMILES string of the molecule is O=S(=O)(CC1CCN(c2cc[nH]c3cnc4nccc4c23)CC1)NCC1CC1. The molecule has 0 radical (unpaired) electrons. The van der Waals surface area contributed by atoms with Crippen LogP contribution >= 0.6 is 0 Å². The molecule has 28 heavy (non-hydrogen) atoms. The highest BCUT2D eigenvalue weighted by Crippen LogP contribution is 2.33. The van der Waals surface area contributed by atoms with Gasteiger partial charge in [-0.3, -0.25) is 0 Å². The van der Waals surface area contributed by atoms with Gasteiger partial charge in [-0.15, -0.1) is 0 Å². The Balaban J connectivity index is 1.31. The van der Waals surface area contributed by atoms with Gasteiger partial charge < -0.3 is 9.88 Å². The van der Waals surface area contributed by atoms with Crippen LogP contribution in [0.3, 0.4) is 0 Å². The number of aromatic nitrogens is 3. The zero-order chi connectivity index (χ0) is 19.1. The van der Waals surface area contributed by atoms with Gasteiger partial charge in [0.1, 0.15) is 0 Å². The van der Waals surface area contributed by atoms with E-state index in [0.717, 1.165) is 60.7 Å². The maximum Gasteiger partial charge on any atom is 0.211 e. The molecule has 1 saturated heterocycles. The average Bonchev–Trinajstić information content (AvgIpc) is 3.41. The first-order valence-corrected chi connectivity index (χ1v) is 11.7. The number of H-pyrrole nitrogens is 1. The molecule has 0 aromatic carbocycles. The van der Waals surface area contributed by atoms with E-state index in [1.807, 2.05) is 18.5 Å². The molecule has 1 aliphatic heterocycles. The molecule has 0 amide bonds. The minimum atomic E-state index is -3.16. The number of anilines is 1. The maximum absolute atomic E-state index is 12.3. The smallest absolute Gasteiger partial charge is 0.211 e. The highest BCUT2D eigenvalue weighted by Gasteiger charge is 2.28. The van der Waals surface area contributed by atoms with Gasteiger partial charge in [-0.2, -0.15) is 0 Å². The molecule has 3 aromatic heterocycles. The number of sulfonamides is 1. The van der Waals surface area contributed by atoms with Crippen LogP contribution in [0.2, 0.25) is 0 Å². The molecular weight excluding hydrogens is 374 g/mol. The van der Waals surface area contributed by atoms with Crippen LogP contribution in [0.1, 0.15) is 25.7 Å². The van der Waals surface area contributed by atoms with Crippen molar-refractivity contribution in [1.82, 2.24) is 19.7 Å². The van der Waals surface area contributed by atoms with Crippen molar-refractivity contribution in [3.05, 3.63) is 30.7 Å². The molecule has 7 nitrogen and oxygen atoms in total. The Morgan fingerprint density at radius 3 is 2.71 bits per heavy atom. The van der Waals surface area contributed by atoms with Crippen LogP contribution in [-0.2, 0) is 10.0 Å². The van der Waals surface area contributed by atoms with Gasteiger partial charge in [0.2, 0.25) is 10.0 Å². The number of rotatable bonds is 6. The lowest BCUT2D eigenvalue weighted by molar-refractivity contribution is 0.434. The second-order valence-corrected chi connectivity index (χ2v) is 9.95. The third-order valence-corrected chi connectivity index (χ3v) is 7.49. The Morgan fingerprint density at radius 1 is 1.11 bits per heavy atom. The van der Waals surface area contributed by atoms with Crippen molar-refractivity contribution in [2.24, 2.45) is 11.8 Å². The third-order valence-electron chi connectivity index (χ3n) is 5.97. The summed E-state index contributed by atoms with van der Waals surface area (Å²) in [5, 5.41) is 2.19. The number of aromatic amines is 1. The van der Waals surface area contributed by atoms with E-state index in [1.165, 1.54) is 5.69 Å². The average molecular weight is 400 g/mol. The van der Waals surface area contributed by atoms with Crippen molar-refractivity contribution in [3.63, 3.8) is 0 Å². The Kier molecular flexibility index (Phi) is 4.47. The summed E-state index contributed by atoms with van der Waals surface area (Å²) >= 11 is 0. The number of nitrogens with zero attached hydrogens (tertiary/aromatic N) is 3. The molecule has 0 atom stereocenters. The molecule has 1 saturated carbocycles. The zero-order valence-corrected chi connectivity index (χ0v) is 16.6. The summed E-state index contributed by atoms with van der Waals surface area (Å²) in [6.07, 6.45) is 9.66. The fraction of sp³-hybridized carbons (Fsp3) is 0.500. The molecule has 2 fully saturated rings. The summed E-state index contributed by atoms with van der Waals surface area (Å²) in [4.78, 5) is 14.4. The van der Waals surface area contributed by atoms with Crippen LogP contribution < -0.4 is 9.62 Å². The van der Waals surface area contributed by atoms with Crippen molar-refractivity contribution in [2.45, 2.75) is 25.7 Å². The van der Waals surface area contributed by atoms with E-state index in [-0.39, 0.29) is 11.7 Å². The van der Waals surface area contributed by atoms with E-state index in [4.69, 9.17) is 0 Å². The Labute approximate surface area is 164 Å². The zero-order valence-electron chi connectivity index (χ0n) is 15.8. The lowest BCUT2D eigenvalue weighted by Crippen LogP contribution is -2.38. The van der Waals surface area contributed by atoms with Crippen LogP contribution in [0.5, 0.6) is 0 Å². The van der Waals surface area contributed by atoms with Gasteiger partial charge in [-0.25, -0.2) is 23.1 Å². The number of piperidine rings is 1. The van der Waals surface area contributed by atoms with Crippen LogP contribution in [0, 0.1) is 11.8 Å². The van der Waals surface area contributed by atoms with Gasteiger partial charge in [0.25, 0.3) is 0 Å². The predicted octanol–water partition coefficient (Wildman–Crippen LogP) is 2.66. The van der Waals surface area contributed by atoms with Crippen LogP contribution in [0.25, 0.3) is 21.9 Å². The number of nitrogens with one attached hydrogen (secondary N) is 2. The van der Waals surface area contributed by atoms with Crippen molar-refractivity contribution in [3.8, 4) is 0 Å². The van der Waals surface area contributed by atoms with Crippen LogP contribution in [0.4, 0.5) is 5.69 Å². The van der Waals surface area contributed by atoms with Crippen LogP contribution in [0.15, 0.2) is 30.7 Å². The van der Waals surface area contributed by atoms with E-state index in [0.29, 0.717) is 12.5 Å². The monoisotopic (exact) mass is 399 g/mol. The van der Waals surface area contributed by atoms with Gasteiger partial charge in [-0.05, 0) is 49.7 Å². The molecule has 4 heterocycles. The highest BCUT2D eigenvalue weighted by molar-refractivity contribution is 7.89. The number of fused-ring (bicyclic) bond motifs is 3. The van der Waals surface area contributed by atoms with Crippen molar-refractivity contribution < 1.29 is 8.42 Å². The molecule has 0 unspecified atom stereocenters. The van der Waals surface area contributed by atoms with E-state index in [1.54, 1.807) is 6.20 Å². The minimum absolute atomic E-state index is 0.219. The van der Waals surface area contributed by atoms with E-state index in [2.05, 4.69) is 30.6 Å². The molecule has 2 N–H and O–H groups in total. The topological polar surface area (TPSA) is 91.0 Å². The summed E-state index contributed by atoms with van der Waals surface area (Å²) in [6.45, 7) is 2.34. The minimum Gasteiger partial charge on any atom is -0.371 e. The van der Waals surface area contributed by atoms with Crippen molar-refractivity contribution in [1.29, 1.82) is 0 Å². The summed E-state index contributed by atoms with van der Waals surface area (Å²) in [7, 11) is -3.16. The standard InChI is InChI=1S/C20H25N5O2S/c26-28(27,24-11-14-1-2-14)13-15-5-9-25(10-6-15)18-4-8-21-17-12-23-20-16(19(17)18)3-7-22-20/h3-4,7-8,12,14-15,21,24H,1-2,5-6,9-11,13H2. The largest absolute Gasteiger partial charge is 0.371 e. The van der Waals surface area contributed by atoms with Gasteiger partial charge in [0.05, 0.1) is 17.5 Å².